The molecule has 4 rings (SSSR count). The Bertz CT molecular complexity index is 1020. The normalized spacial score (nSPS) is 17.5. The first-order chi connectivity index (χ1) is 15.9. The van der Waals surface area contributed by atoms with E-state index >= 15 is 0 Å². The van der Waals surface area contributed by atoms with Crippen molar-refractivity contribution in [3.05, 3.63) is 71.0 Å². The number of benzene rings is 2. The van der Waals surface area contributed by atoms with E-state index < -0.39 is 11.8 Å². The molecular formula is C25H29FN4O3. The third-order valence-electron chi connectivity index (χ3n) is 6.36. The summed E-state index contributed by atoms with van der Waals surface area (Å²) in [4.78, 5) is 42.8. The predicted octanol–water partition coefficient (Wildman–Crippen LogP) is 2.68. The first-order valence-electron chi connectivity index (χ1n) is 11.3. The van der Waals surface area contributed by atoms with E-state index in [1.54, 1.807) is 21.9 Å². The van der Waals surface area contributed by atoms with Crippen molar-refractivity contribution in [3.8, 4) is 0 Å². The Labute approximate surface area is 193 Å². The number of urea groups is 1. The van der Waals surface area contributed by atoms with Gasteiger partial charge < -0.3 is 20.0 Å². The Morgan fingerprint density at radius 2 is 1.70 bits per heavy atom. The molecule has 2 aliphatic rings. The quantitative estimate of drug-likeness (QED) is 0.709. The van der Waals surface area contributed by atoms with E-state index in [1.165, 1.54) is 22.6 Å². The lowest BCUT2D eigenvalue weighted by Crippen LogP contribution is -2.59. The second-order valence-electron chi connectivity index (χ2n) is 8.72. The summed E-state index contributed by atoms with van der Waals surface area (Å²) in [6.07, 6.45) is 1.28. The lowest BCUT2D eigenvalue weighted by atomic mass is 10.0. The Balaban J connectivity index is 1.25. The topological polar surface area (TPSA) is 73.0 Å². The van der Waals surface area contributed by atoms with Crippen LogP contribution in [0.5, 0.6) is 0 Å². The minimum absolute atomic E-state index is 0.0566. The summed E-state index contributed by atoms with van der Waals surface area (Å²) < 4.78 is 13.4. The second-order valence-corrected chi connectivity index (χ2v) is 8.72. The van der Waals surface area contributed by atoms with Gasteiger partial charge in [0.1, 0.15) is 5.82 Å². The van der Waals surface area contributed by atoms with E-state index in [9.17, 15) is 18.8 Å². The Morgan fingerprint density at radius 1 is 0.970 bits per heavy atom. The molecule has 174 valence electrons. The first kappa shape index (κ1) is 22.8. The van der Waals surface area contributed by atoms with Gasteiger partial charge in [0.15, 0.2) is 0 Å². The highest BCUT2D eigenvalue weighted by Gasteiger charge is 2.38. The number of aryl methyl sites for hydroxylation is 1. The number of amides is 4. The molecule has 4 amide bonds. The lowest BCUT2D eigenvalue weighted by Gasteiger charge is -2.42. The van der Waals surface area contributed by atoms with Crippen molar-refractivity contribution in [2.24, 2.45) is 0 Å². The zero-order valence-electron chi connectivity index (χ0n) is 18.8. The molecule has 0 unspecified atom stereocenters. The van der Waals surface area contributed by atoms with Gasteiger partial charge in [-0.05, 0) is 43.0 Å². The van der Waals surface area contributed by atoms with Crippen LogP contribution in [-0.2, 0) is 22.7 Å². The highest BCUT2D eigenvalue weighted by atomic mass is 19.1. The van der Waals surface area contributed by atoms with Crippen LogP contribution in [-0.4, -0.2) is 64.8 Å². The first-order valence-corrected chi connectivity index (χ1v) is 11.3. The van der Waals surface area contributed by atoms with Crippen molar-refractivity contribution in [1.82, 2.24) is 20.0 Å². The predicted molar refractivity (Wildman–Crippen MR) is 122 cm³/mol. The zero-order valence-corrected chi connectivity index (χ0v) is 18.8. The molecule has 0 saturated carbocycles. The van der Waals surface area contributed by atoms with E-state index in [-0.39, 0.29) is 24.4 Å². The molecule has 2 aliphatic heterocycles. The summed E-state index contributed by atoms with van der Waals surface area (Å²) in [5.41, 5.74) is 2.88. The maximum absolute atomic E-state index is 13.4. The number of rotatable bonds is 5. The minimum atomic E-state index is -0.552. The minimum Gasteiger partial charge on any atom is -0.334 e. The number of likely N-dealkylation sites (tertiary alicyclic amines) is 1. The largest absolute Gasteiger partial charge is 0.334 e. The molecule has 2 aromatic rings. The average Bonchev–Trinajstić information content (AvgIpc) is 2.82. The number of carbonyl (C=O) groups is 3. The summed E-state index contributed by atoms with van der Waals surface area (Å²) >= 11 is 0. The van der Waals surface area contributed by atoms with Crippen molar-refractivity contribution in [1.29, 1.82) is 0 Å². The van der Waals surface area contributed by atoms with Crippen LogP contribution in [0.4, 0.5) is 9.18 Å². The third kappa shape index (κ3) is 5.50. The number of nitrogens with zero attached hydrogens (tertiary/aromatic N) is 3. The summed E-state index contributed by atoms with van der Waals surface area (Å²) in [6, 6.07) is 13.9. The molecule has 33 heavy (non-hydrogen) atoms. The fourth-order valence-electron chi connectivity index (χ4n) is 4.42. The van der Waals surface area contributed by atoms with Crippen LogP contribution in [0.3, 0.4) is 0 Å². The summed E-state index contributed by atoms with van der Waals surface area (Å²) in [6.45, 7) is 4.65. The molecule has 7 nitrogen and oxygen atoms in total. The lowest BCUT2D eigenvalue weighted by molar-refractivity contribution is -0.158. The Morgan fingerprint density at radius 3 is 2.39 bits per heavy atom. The molecule has 0 aliphatic carbocycles. The molecule has 2 saturated heterocycles. The molecule has 0 radical (unpaired) electrons. The summed E-state index contributed by atoms with van der Waals surface area (Å²) in [7, 11) is 0. The van der Waals surface area contributed by atoms with Gasteiger partial charge in [0.2, 0.25) is 0 Å². The number of nitrogens with one attached hydrogen (secondary N) is 1. The molecule has 2 aromatic carbocycles. The van der Waals surface area contributed by atoms with Gasteiger partial charge >= 0.3 is 17.8 Å². The van der Waals surface area contributed by atoms with Crippen LogP contribution in [0.15, 0.2) is 48.5 Å². The monoisotopic (exact) mass is 452 g/mol. The number of hydrogen-bond donors (Lipinski definition) is 1. The van der Waals surface area contributed by atoms with E-state index in [0.29, 0.717) is 51.1 Å². The third-order valence-corrected chi connectivity index (χ3v) is 6.36. The SMILES string of the molecule is Cc1ccc(CNC(=O)N2CCC(N3CCN(Cc4cccc(F)c4)C(=O)C3=O)CC2)cc1. The molecule has 0 aromatic heterocycles. The molecule has 0 bridgehead atoms. The highest BCUT2D eigenvalue weighted by Crippen LogP contribution is 2.21. The molecule has 0 spiro atoms. The average molecular weight is 453 g/mol. The standard InChI is InChI=1S/C25H29FN4O3/c1-18-5-7-19(8-6-18)16-27-25(33)28-11-9-22(10-12-28)30-14-13-29(23(31)24(30)32)17-20-3-2-4-21(26)15-20/h2-8,15,22H,9-14,16-17H2,1H3,(H,27,33). The Kier molecular flexibility index (Phi) is 6.91. The van der Waals surface area contributed by atoms with Gasteiger partial charge in [0, 0.05) is 45.3 Å². The van der Waals surface area contributed by atoms with Crippen LogP contribution in [0.2, 0.25) is 0 Å². The van der Waals surface area contributed by atoms with Gasteiger partial charge in [-0.25, -0.2) is 9.18 Å². The van der Waals surface area contributed by atoms with Gasteiger partial charge in [-0.1, -0.05) is 42.0 Å². The van der Waals surface area contributed by atoms with Gasteiger partial charge in [-0.2, -0.15) is 0 Å². The maximum atomic E-state index is 13.4. The smallest absolute Gasteiger partial charge is 0.317 e. The summed E-state index contributed by atoms with van der Waals surface area (Å²) in [5.74, 6) is -1.43. The van der Waals surface area contributed by atoms with Gasteiger partial charge in [0.25, 0.3) is 0 Å². The fraction of sp³-hybridized carbons (Fsp3) is 0.400. The fourth-order valence-corrected chi connectivity index (χ4v) is 4.42. The molecule has 2 fully saturated rings. The van der Waals surface area contributed by atoms with Gasteiger partial charge in [0.05, 0.1) is 0 Å². The number of carbonyl (C=O) groups excluding carboxylic acids is 3. The second kappa shape index (κ2) is 10.0. The molecular weight excluding hydrogens is 423 g/mol. The van der Waals surface area contributed by atoms with Crippen molar-refractivity contribution < 1.29 is 18.8 Å². The number of piperidine rings is 1. The van der Waals surface area contributed by atoms with E-state index in [4.69, 9.17) is 0 Å². The van der Waals surface area contributed by atoms with Crippen LogP contribution >= 0.6 is 0 Å². The van der Waals surface area contributed by atoms with Crippen LogP contribution in [0.25, 0.3) is 0 Å². The van der Waals surface area contributed by atoms with Crippen molar-refractivity contribution in [2.45, 2.75) is 38.9 Å². The number of halogens is 1. The van der Waals surface area contributed by atoms with Gasteiger partial charge in [-0.3, -0.25) is 9.59 Å². The summed E-state index contributed by atoms with van der Waals surface area (Å²) in [5, 5.41) is 2.95. The number of hydrogen-bond acceptors (Lipinski definition) is 3. The maximum Gasteiger partial charge on any atom is 0.317 e. The van der Waals surface area contributed by atoms with Crippen LogP contribution in [0, 0.1) is 12.7 Å². The van der Waals surface area contributed by atoms with E-state index in [2.05, 4.69) is 5.32 Å². The van der Waals surface area contributed by atoms with E-state index in [1.807, 2.05) is 31.2 Å². The molecule has 1 N–H and O–H groups in total. The van der Waals surface area contributed by atoms with Crippen molar-refractivity contribution in [2.75, 3.05) is 26.2 Å². The van der Waals surface area contributed by atoms with Gasteiger partial charge in [-0.15, -0.1) is 0 Å². The van der Waals surface area contributed by atoms with E-state index in [0.717, 1.165) is 5.56 Å². The Hall–Kier alpha value is -3.42. The zero-order chi connectivity index (χ0) is 23.4. The molecule has 2 heterocycles. The van der Waals surface area contributed by atoms with Crippen LogP contribution in [0.1, 0.15) is 29.5 Å². The van der Waals surface area contributed by atoms with Crippen LogP contribution < -0.4 is 5.32 Å². The number of piperazine rings is 1. The highest BCUT2D eigenvalue weighted by molar-refractivity contribution is 6.35. The molecule has 0 atom stereocenters. The van der Waals surface area contributed by atoms with Crippen molar-refractivity contribution >= 4 is 17.8 Å². The molecule has 8 heteroatoms. The van der Waals surface area contributed by atoms with Crippen molar-refractivity contribution in [3.63, 3.8) is 0 Å².